The van der Waals surface area contributed by atoms with Gasteiger partial charge in [0.1, 0.15) is 8.07 Å². The van der Waals surface area contributed by atoms with E-state index in [-0.39, 0.29) is 0 Å². The lowest BCUT2D eigenvalue weighted by molar-refractivity contribution is 1.53. The highest BCUT2D eigenvalue weighted by Crippen LogP contribution is 2.52. The van der Waals surface area contributed by atoms with E-state index in [9.17, 15) is 0 Å². The lowest BCUT2D eigenvalue weighted by atomic mass is 9.78. The van der Waals surface area contributed by atoms with Gasteiger partial charge < -0.3 is 0 Å². The normalized spacial score (nSPS) is 13.1. The van der Waals surface area contributed by atoms with Crippen LogP contribution in [0.5, 0.6) is 0 Å². The molecule has 1 heterocycles. The van der Waals surface area contributed by atoms with Crippen molar-refractivity contribution in [3.63, 3.8) is 0 Å². The average molecular weight is 565 g/mol. The van der Waals surface area contributed by atoms with Gasteiger partial charge in [0.15, 0.2) is 0 Å². The molecule has 0 aromatic heterocycles. The Morgan fingerprint density at radius 1 is 0.349 bits per heavy atom. The van der Waals surface area contributed by atoms with E-state index in [0.717, 1.165) is 0 Å². The van der Waals surface area contributed by atoms with Crippen molar-refractivity contribution in [1.82, 2.24) is 0 Å². The highest BCUT2D eigenvalue weighted by Gasteiger charge is 2.41. The molecule has 1 heteroatoms. The summed E-state index contributed by atoms with van der Waals surface area (Å²) in [6.07, 6.45) is 0. The fourth-order valence-corrected chi connectivity index (χ4v) is 10.9. The minimum absolute atomic E-state index is 1.24. The zero-order valence-electron chi connectivity index (χ0n) is 24.5. The Morgan fingerprint density at radius 3 is 1.23 bits per heavy atom. The molecule has 1 aliphatic heterocycles. The summed E-state index contributed by atoms with van der Waals surface area (Å²) in [5.74, 6) is 0. The summed E-state index contributed by atoms with van der Waals surface area (Å²) in [5, 5.41) is 5.81. The van der Waals surface area contributed by atoms with Gasteiger partial charge in [-0.25, -0.2) is 0 Å². The first-order chi connectivity index (χ1) is 21.1. The van der Waals surface area contributed by atoms with Crippen molar-refractivity contribution in [3.05, 3.63) is 158 Å². The molecule has 0 amide bonds. The largest absolute Gasteiger partial charge is 0.114 e. The van der Waals surface area contributed by atoms with Crippen molar-refractivity contribution in [3.8, 4) is 55.6 Å². The van der Waals surface area contributed by atoms with Gasteiger partial charge in [-0.05, 0) is 76.8 Å². The van der Waals surface area contributed by atoms with Crippen LogP contribution in [0.25, 0.3) is 66.4 Å². The van der Waals surface area contributed by atoms with Crippen LogP contribution in [-0.2, 0) is 0 Å². The monoisotopic (exact) mass is 564 g/mol. The van der Waals surface area contributed by atoms with Gasteiger partial charge in [-0.1, -0.05) is 171 Å². The van der Waals surface area contributed by atoms with E-state index < -0.39 is 8.07 Å². The van der Waals surface area contributed by atoms with Crippen molar-refractivity contribution in [1.29, 1.82) is 0 Å². The van der Waals surface area contributed by atoms with Crippen LogP contribution < -0.4 is 10.4 Å². The lowest BCUT2D eigenvalue weighted by Crippen LogP contribution is -2.57. The third kappa shape index (κ3) is 3.96. The van der Waals surface area contributed by atoms with Gasteiger partial charge in [0, 0.05) is 0 Å². The number of hydrogen-bond acceptors (Lipinski definition) is 0. The number of rotatable bonds is 4. The molecule has 0 atom stereocenters. The second kappa shape index (κ2) is 10.1. The molecular weight excluding hydrogens is 533 g/mol. The van der Waals surface area contributed by atoms with Crippen LogP contribution in [0.15, 0.2) is 158 Å². The highest BCUT2D eigenvalue weighted by atomic mass is 28.3. The van der Waals surface area contributed by atoms with Crippen LogP contribution >= 0.6 is 0 Å². The zero-order valence-corrected chi connectivity index (χ0v) is 25.5. The minimum atomic E-state index is -2.24. The van der Waals surface area contributed by atoms with E-state index >= 15 is 0 Å². The first-order valence-electron chi connectivity index (χ1n) is 15.1. The minimum Gasteiger partial charge on any atom is -0.0622 e. The quantitative estimate of drug-likeness (QED) is 0.187. The predicted molar refractivity (Wildman–Crippen MR) is 188 cm³/mol. The Labute approximate surface area is 255 Å². The maximum Gasteiger partial charge on any atom is 0.114 e. The highest BCUT2D eigenvalue weighted by molar-refractivity contribution is 7.04. The summed E-state index contributed by atoms with van der Waals surface area (Å²) < 4.78 is 0. The zero-order chi connectivity index (χ0) is 29.0. The van der Waals surface area contributed by atoms with Gasteiger partial charge in [0.2, 0.25) is 0 Å². The van der Waals surface area contributed by atoms with Crippen molar-refractivity contribution < 1.29 is 0 Å². The molecule has 0 saturated heterocycles. The van der Waals surface area contributed by atoms with Gasteiger partial charge in [0.05, 0.1) is 0 Å². The van der Waals surface area contributed by atoms with Gasteiger partial charge >= 0.3 is 0 Å². The van der Waals surface area contributed by atoms with Crippen LogP contribution in [0.1, 0.15) is 0 Å². The van der Waals surface area contributed by atoms with Gasteiger partial charge in [-0.2, -0.15) is 0 Å². The summed E-state index contributed by atoms with van der Waals surface area (Å²) in [6.45, 7) is 5.13. The van der Waals surface area contributed by atoms with Crippen LogP contribution in [0.4, 0.5) is 0 Å². The van der Waals surface area contributed by atoms with E-state index in [0.29, 0.717) is 0 Å². The second-order valence-corrected chi connectivity index (χ2v) is 16.3. The van der Waals surface area contributed by atoms with Crippen molar-refractivity contribution in [2.45, 2.75) is 13.1 Å². The first kappa shape index (κ1) is 25.7. The molecule has 0 unspecified atom stereocenters. The Morgan fingerprint density at radius 2 is 0.744 bits per heavy atom. The fourth-order valence-electron chi connectivity index (χ4n) is 7.42. The Hall–Kier alpha value is -4.98. The maximum absolute atomic E-state index is 2.56. The smallest absolute Gasteiger partial charge is 0.0622 e. The second-order valence-electron chi connectivity index (χ2n) is 12.0. The molecule has 0 radical (unpaired) electrons. The van der Waals surface area contributed by atoms with E-state index in [4.69, 9.17) is 0 Å². The molecule has 7 aromatic rings. The van der Waals surface area contributed by atoms with E-state index in [1.807, 2.05) is 0 Å². The molecule has 0 N–H and O–H groups in total. The van der Waals surface area contributed by atoms with Crippen LogP contribution in [0.3, 0.4) is 0 Å². The third-order valence-electron chi connectivity index (χ3n) is 9.22. The van der Waals surface area contributed by atoms with Gasteiger partial charge in [-0.3, -0.25) is 0 Å². The molecule has 0 aliphatic carbocycles. The topological polar surface area (TPSA) is 0 Å². The van der Waals surface area contributed by atoms with E-state index in [2.05, 4.69) is 171 Å². The molecular formula is C42H32Si. The molecule has 0 bridgehead atoms. The third-order valence-corrected chi connectivity index (χ3v) is 12.7. The first-order valence-corrected chi connectivity index (χ1v) is 18.1. The molecule has 7 aromatic carbocycles. The summed E-state index contributed by atoms with van der Waals surface area (Å²) in [5.41, 5.74) is 13.1. The molecule has 1 aliphatic rings. The predicted octanol–water partition coefficient (Wildman–Crippen LogP) is 10.3. The van der Waals surface area contributed by atoms with Crippen LogP contribution in [0, 0.1) is 0 Å². The summed E-state index contributed by atoms with van der Waals surface area (Å²) in [6, 6.07) is 58.2. The average Bonchev–Trinajstić information content (AvgIpc) is 3.07. The summed E-state index contributed by atoms with van der Waals surface area (Å²) in [4.78, 5) is 0. The van der Waals surface area contributed by atoms with Gasteiger partial charge in [0.25, 0.3) is 0 Å². The Balaban J connectivity index is 1.72. The van der Waals surface area contributed by atoms with E-state index in [1.165, 1.54) is 76.8 Å². The van der Waals surface area contributed by atoms with Crippen molar-refractivity contribution in [2.24, 2.45) is 0 Å². The van der Waals surface area contributed by atoms with Gasteiger partial charge in [-0.15, -0.1) is 0 Å². The summed E-state index contributed by atoms with van der Waals surface area (Å²) >= 11 is 0. The number of fused-ring (bicyclic) bond motifs is 2. The number of hydrogen-bond donors (Lipinski definition) is 0. The molecule has 0 fully saturated rings. The Bertz CT molecular complexity index is 2110. The molecule has 0 spiro atoms. The van der Waals surface area contributed by atoms with Crippen molar-refractivity contribution in [2.75, 3.05) is 0 Å². The van der Waals surface area contributed by atoms with E-state index in [1.54, 1.807) is 0 Å². The molecule has 204 valence electrons. The van der Waals surface area contributed by atoms with Crippen LogP contribution in [0.2, 0.25) is 13.1 Å². The Kier molecular flexibility index (Phi) is 6.03. The molecule has 8 rings (SSSR count). The van der Waals surface area contributed by atoms with Crippen molar-refractivity contribution >= 4 is 29.2 Å². The summed E-state index contributed by atoms with van der Waals surface area (Å²) in [7, 11) is -2.24. The molecule has 0 nitrogen and oxygen atoms in total. The fraction of sp³-hybridized carbons (Fsp3) is 0.0476. The molecule has 43 heavy (non-hydrogen) atoms. The number of benzene rings is 7. The maximum atomic E-state index is 2.56. The standard InChI is InChI=1S/C42H32Si/c1-43(2)35-28-16-26-29-25-15-27-34(36(29)35)41-39(32-21-11-5-12-22-32)37(30-17-7-3-8-18-30)38(31-19-9-4-10-20-31)40(42(41)43)33-23-13-6-14-24-33/h3-28H,1-2H3. The molecule has 0 saturated carbocycles. The SMILES string of the molecule is C[Si]1(C)c2c(-c3ccccc3)c(-c3ccccc3)c(-c3ccccc3)c(-c3ccccc3)c2-c2cccc3cccc1c23. The van der Waals surface area contributed by atoms with Crippen LogP contribution in [-0.4, -0.2) is 8.07 Å². The lowest BCUT2D eigenvalue weighted by Gasteiger charge is -2.39.